The standard InChI is InChI=1S/2C3H7NO.CH4/c1-3(4)5-2;1-3(5)4-2;/h4H,1-2H3;1-2H3,(H,4,5);1H4. The van der Waals surface area contributed by atoms with Crippen molar-refractivity contribution < 1.29 is 9.53 Å². The second-order valence-corrected chi connectivity index (χ2v) is 1.57. The number of hydrogen-bond donors (Lipinski definition) is 2. The van der Waals surface area contributed by atoms with Gasteiger partial charge in [0, 0.05) is 20.9 Å². The predicted molar refractivity (Wildman–Crippen MR) is 46.9 cm³/mol. The fourth-order valence-electron chi connectivity index (χ4n) is 0. The molecule has 0 aliphatic carbocycles. The number of carbonyl (C=O) groups is 1. The van der Waals surface area contributed by atoms with Gasteiger partial charge in [0.25, 0.3) is 0 Å². The Morgan fingerprint density at radius 3 is 1.64 bits per heavy atom. The molecule has 0 aliphatic rings. The van der Waals surface area contributed by atoms with E-state index in [4.69, 9.17) is 5.41 Å². The van der Waals surface area contributed by atoms with Gasteiger partial charge in [-0.05, 0) is 0 Å². The summed E-state index contributed by atoms with van der Waals surface area (Å²) in [6, 6.07) is 0. The molecule has 0 saturated carbocycles. The molecule has 4 heteroatoms. The highest BCUT2D eigenvalue weighted by Crippen LogP contribution is 1.62. The van der Waals surface area contributed by atoms with Crippen molar-refractivity contribution in [1.29, 1.82) is 5.41 Å². The molecule has 0 aliphatic heterocycles. The molecular weight excluding hydrogens is 144 g/mol. The Labute approximate surface area is 68.5 Å². The molecule has 0 aromatic carbocycles. The van der Waals surface area contributed by atoms with E-state index in [0.717, 1.165) is 0 Å². The Kier molecular flexibility index (Phi) is 17.5. The van der Waals surface area contributed by atoms with Crippen LogP contribution in [0.25, 0.3) is 0 Å². The summed E-state index contributed by atoms with van der Waals surface area (Å²) in [5, 5.41) is 8.91. The molecule has 0 rings (SSSR count). The van der Waals surface area contributed by atoms with Crippen LogP contribution in [-0.2, 0) is 9.53 Å². The second kappa shape index (κ2) is 11.7. The van der Waals surface area contributed by atoms with Gasteiger partial charge in [0.05, 0.1) is 7.11 Å². The van der Waals surface area contributed by atoms with E-state index < -0.39 is 0 Å². The molecule has 0 aromatic heterocycles. The average molecular weight is 162 g/mol. The lowest BCUT2D eigenvalue weighted by atomic mass is 10.7. The van der Waals surface area contributed by atoms with Crippen LogP contribution in [-0.4, -0.2) is 26.0 Å². The third-order valence-electron chi connectivity index (χ3n) is 0.658. The van der Waals surface area contributed by atoms with Crippen molar-refractivity contribution in [2.75, 3.05) is 14.2 Å². The van der Waals surface area contributed by atoms with E-state index >= 15 is 0 Å². The summed E-state index contributed by atoms with van der Waals surface area (Å²) in [6.07, 6.45) is 0. The fourth-order valence-corrected chi connectivity index (χ4v) is 0. The lowest BCUT2D eigenvalue weighted by Crippen LogP contribution is -2.11. The average Bonchev–Trinajstić information content (AvgIpc) is 1.89. The molecule has 0 saturated heterocycles. The van der Waals surface area contributed by atoms with Crippen LogP contribution in [0.1, 0.15) is 21.3 Å². The lowest BCUT2D eigenvalue weighted by molar-refractivity contribution is -0.118. The highest BCUT2D eigenvalue weighted by Gasteiger charge is 1.72. The molecule has 1 amide bonds. The largest absolute Gasteiger partial charge is 0.485 e. The number of hydrogen-bond acceptors (Lipinski definition) is 3. The molecule has 0 radical (unpaired) electrons. The van der Waals surface area contributed by atoms with Crippen LogP contribution < -0.4 is 5.32 Å². The molecule has 11 heavy (non-hydrogen) atoms. The molecule has 0 heterocycles. The monoisotopic (exact) mass is 162 g/mol. The maximum absolute atomic E-state index is 9.70. The summed E-state index contributed by atoms with van der Waals surface area (Å²) >= 11 is 0. The van der Waals surface area contributed by atoms with Gasteiger partial charge in [-0.3, -0.25) is 10.2 Å². The number of amides is 1. The molecule has 2 N–H and O–H groups in total. The summed E-state index contributed by atoms with van der Waals surface area (Å²) in [6.45, 7) is 3.06. The summed E-state index contributed by atoms with van der Waals surface area (Å²) in [5.74, 6) is 0.259. The first kappa shape index (κ1) is 16.5. The van der Waals surface area contributed by atoms with Crippen LogP contribution in [0.3, 0.4) is 0 Å². The molecule has 0 unspecified atom stereocenters. The van der Waals surface area contributed by atoms with E-state index in [1.165, 1.54) is 14.0 Å². The Morgan fingerprint density at radius 2 is 1.64 bits per heavy atom. The molecule has 4 nitrogen and oxygen atoms in total. The minimum absolute atomic E-state index is 0. The van der Waals surface area contributed by atoms with Gasteiger partial charge in [-0.25, -0.2) is 0 Å². The van der Waals surface area contributed by atoms with E-state index in [0.29, 0.717) is 0 Å². The van der Waals surface area contributed by atoms with E-state index in [9.17, 15) is 4.79 Å². The smallest absolute Gasteiger partial charge is 0.216 e. The van der Waals surface area contributed by atoms with Crippen LogP contribution in [0, 0.1) is 5.41 Å². The van der Waals surface area contributed by atoms with Gasteiger partial charge in [-0.1, -0.05) is 7.43 Å². The first-order chi connectivity index (χ1) is 4.54. The van der Waals surface area contributed by atoms with Gasteiger partial charge in [0.1, 0.15) is 0 Å². The zero-order valence-electron chi connectivity index (χ0n) is 6.82. The number of methoxy groups -OCH3 is 1. The zero-order chi connectivity index (χ0) is 8.57. The molecule has 0 aromatic rings. The molecule has 0 spiro atoms. The second-order valence-electron chi connectivity index (χ2n) is 1.57. The van der Waals surface area contributed by atoms with Crippen LogP contribution in [0.2, 0.25) is 0 Å². The normalized spacial score (nSPS) is 6.18. The van der Waals surface area contributed by atoms with Gasteiger partial charge in [-0.15, -0.1) is 0 Å². The summed E-state index contributed by atoms with van der Waals surface area (Å²) in [7, 11) is 3.07. The van der Waals surface area contributed by atoms with Crippen molar-refractivity contribution in [1.82, 2.24) is 5.32 Å². The molecule has 0 fully saturated rings. The van der Waals surface area contributed by atoms with Crippen molar-refractivity contribution in [3.63, 3.8) is 0 Å². The zero-order valence-corrected chi connectivity index (χ0v) is 6.82. The van der Waals surface area contributed by atoms with E-state index in [1.807, 2.05) is 0 Å². The van der Waals surface area contributed by atoms with Crippen molar-refractivity contribution in [3.8, 4) is 0 Å². The van der Waals surface area contributed by atoms with Crippen molar-refractivity contribution >= 4 is 11.8 Å². The third kappa shape index (κ3) is 49.8. The number of rotatable bonds is 0. The molecule has 0 bridgehead atoms. The number of carbonyl (C=O) groups excluding carboxylic acids is 1. The maximum atomic E-state index is 9.70. The van der Waals surface area contributed by atoms with Crippen LogP contribution in [0.15, 0.2) is 0 Å². The van der Waals surface area contributed by atoms with Crippen molar-refractivity contribution in [3.05, 3.63) is 0 Å². The fraction of sp³-hybridized carbons (Fsp3) is 0.714. The van der Waals surface area contributed by atoms with Crippen LogP contribution in [0.4, 0.5) is 0 Å². The molecule has 68 valence electrons. The van der Waals surface area contributed by atoms with Crippen molar-refractivity contribution in [2.45, 2.75) is 21.3 Å². The first-order valence-electron chi connectivity index (χ1n) is 2.82. The van der Waals surface area contributed by atoms with Gasteiger partial charge < -0.3 is 10.1 Å². The summed E-state index contributed by atoms with van der Waals surface area (Å²) in [4.78, 5) is 9.70. The first-order valence-corrected chi connectivity index (χ1v) is 2.82. The Hall–Kier alpha value is -1.06. The maximum Gasteiger partial charge on any atom is 0.216 e. The highest BCUT2D eigenvalue weighted by molar-refractivity contribution is 5.72. The Morgan fingerprint density at radius 1 is 1.45 bits per heavy atom. The minimum atomic E-state index is 0. The van der Waals surface area contributed by atoms with Gasteiger partial charge in [0.2, 0.25) is 5.91 Å². The lowest BCUT2D eigenvalue weighted by Gasteiger charge is -1.85. The number of nitrogens with one attached hydrogen (secondary N) is 2. The van der Waals surface area contributed by atoms with E-state index in [1.54, 1.807) is 14.0 Å². The summed E-state index contributed by atoms with van der Waals surface area (Å²) < 4.78 is 4.33. The van der Waals surface area contributed by atoms with Gasteiger partial charge in [-0.2, -0.15) is 0 Å². The van der Waals surface area contributed by atoms with Gasteiger partial charge in [0.15, 0.2) is 5.90 Å². The molecule has 0 atom stereocenters. The van der Waals surface area contributed by atoms with Crippen LogP contribution in [0.5, 0.6) is 0 Å². The van der Waals surface area contributed by atoms with E-state index in [-0.39, 0.29) is 19.2 Å². The topological polar surface area (TPSA) is 62.2 Å². The highest BCUT2D eigenvalue weighted by atomic mass is 16.5. The van der Waals surface area contributed by atoms with E-state index in [2.05, 4.69) is 10.1 Å². The predicted octanol–water partition coefficient (Wildman–Crippen LogP) is 1.02. The van der Waals surface area contributed by atoms with Crippen molar-refractivity contribution in [2.24, 2.45) is 0 Å². The third-order valence-corrected chi connectivity index (χ3v) is 0.658. The number of ether oxygens (including phenoxy) is 1. The SMILES string of the molecule is C.CNC(C)=O.COC(C)=N. The Bertz CT molecular complexity index is 99.0. The quantitative estimate of drug-likeness (QED) is 0.412. The van der Waals surface area contributed by atoms with Crippen LogP contribution >= 0.6 is 0 Å². The van der Waals surface area contributed by atoms with Gasteiger partial charge >= 0.3 is 0 Å². The summed E-state index contributed by atoms with van der Waals surface area (Å²) in [5.41, 5.74) is 0. The molecular formula is C7H18N2O2. The Balaban J connectivity index is -0.000000107. The minimum Gasteiger partial charge on any atom is -0.485 e.